The number of anilines is 1. The molecule has 0 aliphatic heterocycles. The van der Waals surface area contributed by atoms with E-state index in [0.717, 1.165) is 11.1 Å². The zero-order chi connectivity index (χ0) is 11.4. The van der Waals surface area contributed by atoms with Gasteiger partial charge in [-0.1, -0.05) is 6.07 Å². The summed E-state index contributed by atoms with van der Waals surface area (Å²) in [6, 6.07) is 3.54. The second kappa shape index (κ2) is 4.79. The maximum Gasteiger partial charge on any atom is 0.251 e. The number of nitrogens with one attached hydrogen (secondary N) is 1. The van der Waals surface area contributed by atoms with Crippen LogP contribution in [-0.2, 0) is 0 Å². The van der Waals surface area contributed by atoms with Gasteiger partial charge in [-0.05, 0) is 31.0 Å². The van der Waals surface area contributed by atoms with Gasteiger partial charge in [0.1, 0.15) is 0 Å². The van der Waals surface area contributed by atoms with Crippen LogP contribution in [0, 0.1) is 13.8 Å². The molecule has 0 aliphatic carbocycles. The summed E-state index contributed by atoms with van der Waals surface area (Å²) in [6.45, 7) is 3.95. The predicted octanol–water partition coefficient (Wildman–Crippen LogP) is 0.608. The Morgan fingerprint density at radius 2 is 2.07 bits per heavy atom. The molecule has 4 heteroatoms. The summed E-state index contributed by atoms with van der Waals surface area (Å²) < 4.78 is 0. The van der Waals surface area contributed by atoms with Crippen LogP contribution in [-0.4, -0.2) is 24.2 Å². The molecule has 1 rings (SSSR count). The Bertz CT molecular complexity index is 375. The van der Waals surface area contributed by atoms with E-state index in [1.54, 1.807) is 6.07 Å². The minimum atomic E-state index is -0.201. The quantitative estimate of drug-likeness (QED) is 0.637. The highest BCUT2D eigenvalue weighted by Crippen LogP contribution is 2.17. The summed E-state index contributed by atoms with van der Waals surface area (Å²) in [4.78, 5) is 11.6. The number of hydrogen-bond acceptors (Lipinski definition) is 3. The Hall–Kier alpha value is -1.55. The fraction of sp³-hybridized carbons (Fsp3) is 0.364. The van der Waals surface area contributed by atoms with E-state index in [9.17, 15) is 4.79 Å². The lowest BCUT2D eigenvalue weighted by Gasteiger charge is -2.09. The SMILES string of the molecule is Cc1cc(C)c(C(=O)NCCO)cc1N. The normalized spacial score (nSPS) is 10.1. The molecule has 82 valence electrons. The molecule has 0 fully saturated rings. The number of hydrogen-bond donors (Lipinski definition) is 3. The van der Waals surface area contributed by atoms with Crippen LogP contribution < -0.4 is 11.1 Å². The van der Waals surface area contributed by atoms with Crippen LogP contribution in [0.1, 0.15) is 21.5 Å². The van der Waals surface area contributed by atoms with Crippen LogP contribution in [0.15, 0.2) is 12.1 Å². The molecule has 0 saturated carbocycles. The van der Waals surface area contributed by atoms with Crippen molar-refractivity contribution in [3.8, 4) is 0 Å². The first-order valence-corrected chi connectivity index (χ1v) is 4.82. The van der Waals surface area contributed by atoms with E-state index in [2.05, 4.69) is 5.32 Å². The number of amides is 1. The summed E-state index contributed by atoms with van der Waals surface area (Å²) in [5.74, 6) is -0.201. The Labute approximate surface area is 89.1 Å². The predicted molar refractivity (Wildman–Crippen MR) is 59.7 cm³/mol. The second-order valence-corrected chi connectivity index (χ2v) is 3.50. The van der Waals surface area contributed by atoms with Crippen molar-refractivity contribution < 1.29 is 9.90 Å². The number of aryl methyl sites for hydroxylation is 2. The average molecular weight is 208 g/mol. The van der Waals surface area contributed by atoms with Gasteiger partial charge in [0.05, 0.1) is 6.61 Å². The fourth-order valence-corrected chi connectivity index (χ4v) is 1.38. The molecule has 0 aromatic heterocycles. The van der Waals surface area contributed by atoms with Crippen molar-refractivity contribution in [2.24, 2.45) is 0 Å². The first-order valence-electron chi connectivity index (χ1n) is 4.82. The van der Waals surface area contributed by atoms with E-state index in [4.69, 9.17) is 10.8 Å². The third-order valence-corrected chi connectivity index (χ3v) is 2.26. The lowest BCUT2D eigenvalue weighted by molar-refractivity contribution is 0.0944. The van der Waals surface area contributed by atoms with E-state index in [1.165, 1.54) is 0 Å². The minimum Gasteiger partial charge on any atom is -0.398 e. The highest BCUT2D eigenvalue weighted by Gasteiger charge is 2.09. The molecule has 0 aliphatic rings. The zero-order valence-corrected chi connectivity index (χ0v) is 9.00. The molecule has 0 radical (unpaired) electrons. The summed E-state index contributed by atoms with van der Waals surface area (Å²) in [6.07, 6.45) is 0. The van der Waals surface area contributed by atoms with Crippen molar-refractivity contribution >= 4 is 11.6 Å². The largest absolute Gasteiger partial charge is 0.398 e. The van der Waals surface area contributed by atoms with Crippen LogP contribution in [0.25, 0.3) is 0 Å². The molecule has 0 atom stereocenters. The van der Waals surface area contributed by atoms with Crippen molar-refractivity contribution in [3.63, 3.8) is 0 Å². The van der Waals surface area contributed by atoms with Gasteiger partial charge in [0.2, 0.25) is 0 Å². The van der Waals surface area contributed by atoms with Crippen LogP contribution >= 0.6 is 0 Å². The molecule has 0 unspecified atom stereocenters. The Kier molecular flexibility index (Phi) is 3.68. The minimum absolute atomic E-state index is 0.0634. The van der Waals surface area contributed by atoms with Gasteiger partial charge in [0.15, 0.2) is 0 Å². The number of rotatable bonds is 3. The monoisotopic (exact) mass is 208 g/mol. The standard InChI is InChI=1S/C11H16N2O2/c1-7-5-8(2)10(12)6-9(7)11(15)13-3-4-14/h5-6,14H,3-4,12H2,1-2H3,(H,13,15). The first kappa shape index (κ1) is 11.5. The molecular weight excluding hydrogens is 192 g/mol. The van der Waals surface area contributed by atoms with E-state index in [0.29, 0.717) is 11.3 Å². The zero-order valence-electron chi connectivity index (χ0n) is 9.00. The van der Waals surface area contributed by atoms with Crippen molar-refractivity contribution in [2.45, 2.75) is 13.8 Å². The number of carbonyl (C=O) groups is 1. The van der Waals surface area contributed by atoms with Gasteiger partial charge in [-0.25, -0.2) is 0 Å². The van der Waals surface area contributed by atoms with Crippen molar-refractivity contribution in [3.05, 3.63) is 28.8 Å². The number of carbonyl (C=O) groups excluding carboxylic acids is 1. The smallest absolute Gasteiger partial charge is 0.251 e. The third kappa shape index (κ3) is 2.70. The Morgan fingerprint density at radius 1 is 1.40 bits per heavy atom. The van der Waals surface area contributed by atoms with E-state index in [1.807, 2.05) is 19.9 Å². The molecule has 1 aromatic carbocycles. The van der Waals surface area contributed by atoms with Gasteiger partial charge in [-0.3, -0.25) is 4.79 Å². The second-order valence-electron chi connectivity index (χ2n) is 3.50. The van der Waals surface area contributed by atoms with E-state index in [-0.39, 0.29) is 19.1 Å². The van der Waals surface area contributed by atoms with Crippen LogP contribution in [0.3, 0.4) is 0 Å². The molecule has 0 saturated heterocycles. The Morgan fingerprint density at radius 3 is 2.67 bits per heavy atom. The summed E-state index contributed by atoms with van der Waals surface area (Å²) in [7, 11) is 0. The molecule has 4 nitrogen and oxygen atoms in total. The van der Waals surface area contributed by atoms with E-state index < -0.39 is 0 Å². The molecule has 4 N–H and O–H groups in total. The van der Waals surface area contributed by atoms with Crippen LogP contribution in [0.2, 0.25) is 0 Å². The number of nitrogens with two attached hydrogens (primary N) is 1. The van der Waals surface area contributed by atoms with Crippen molar-refractivity contribution in [1.82, 2.24) is 5.32 Å². The molecule has 1 aromatic rings. The van der Waals surface area contributed by atoms with Crippen molar-refractivity contribution in [2.75, 3.05) is 18.9 Å². The van der Waals surface area contributed by atoms with Crippen LogP contribution in [0.5, 0.6) is 0 Å². The number of aliphatic hydroxyl groups is 1. The average Bonchev–Trinajstić information content (AvgIpc) is 2.20. The number of benzene rings is 1. The fourth-order valence-electron chi connectivity index (χ4n) is 1.38. The lowest BCUT2D eigenvalue weighted by Crippen LogP contribution is -2.27. The highest BCUT2D eigenvalue weighted by atomic mass is 16.3. The van der Waals surface area contributed by atoms with E-state index >= 15 is 0 Å². The molecule has 0 bridgehead atoms. The van der Waals surface area contributed by atoms with Gasteiger partial charge in [-0.15, -0.1) is 0 Å². The Balaban J connectivity index is 2.94. The summed E-state index contributed by atoms with van der Waals surface area (Å²) in [5.41, 5.74) is 8.74. The summed E-state index contributed by atoms with van der Waals surface area (Å²) in [5, 5.41) is 11.2. The lowest BCUT2D eigenvalue weighted by atomic mass is 10.0. The van der Waals surface area contributed by atoms with Gasteiger partial charge in [0.25, 0.3) is 5.91 Å². The molecule has 0 heterocycles. The maximum atomic E-state index is 11.6. The van der Waals surface area contributed by atoms with Crippen molar-refractivity contribution in [1.29, 1.82) is 0 Å². The van der Waals surface area contributed by atoms with Gasteiger partial charge >= 0.3 is 0 Å². The maximum absolute atomic E-state index is 11.6. The van der Waals surface area contributed by atoms with Gasteiger partial charge in [-0.2, -0.15) is 0 Å². The molecule has 15 heavy (non-hydrogen) atoms. The number of aliphatic hydroxyl groups excluding tert-OH is 1. The number of nitrogen functional groups attached to an aromatic ring is 1. The molecule has 1 amide bonds. The molecule has 0 spiro atoms. The molecular formula is C11H16N2O2. The summed E-state index contributed by atoms with van der Waals surface area (Å²) >= 11 is 0. The van der Waals surface area contributed by atoms with Gasteiger partial charge < -0.3 is 16.2 Å². The topological polar surface area (TPSA) is 75.3 Å². The third-order valence-electron chi connectivity index (χ3n) is 2.26. The highest BCUT2D eigenvalue weighted by molar-refractivity contribution is 5.96. The van der Waals surface area contributed by atoms with Crippen LogP contribution in [0.4, 0.5) is 5.69 Å². The van der Waals surface area contributed by atoms with Gasteiger partial charge in [0, 0.05) is 17.8 Å². The first-order chi connectivity index (χ1) is 7.06.